The zero-order valence-electron chi connectivity index (χ0n) is 12.9. The Morgan fingerprint density at radius 3 is 3.13 bits per heavy atom. The molecule has 1 aliphatic rings. The van der Waals surface area contributed by atoms with E-state index in [1.54, 1.807) is 11.3 Å². The Kier molecular flexibility index (Phi) is 3.67. The van der Waals surface area contributed by atoms with Gasteiger partial charge in [-0.3, -0.25) is 4.79 Å². The molecule has 0 saturated heterocycles. The monoisotopic (exact) mass is 326 g/mol. The van der Waals surface area contributed by atoms with Crippen molar-refractivity contribution in [3.63, 3.8) is 0 Å². The number of ether oxygens (including phenoxy) is 1. The molecule has 0 aromatic carbocycles. The summed E-state index contributed by atoms with van der Waals surface area (Å²) in [6, 6.07) is 11.7. The van der Waals surface area contributed by atoms with E-state index in [1.165, 1.54) is 10.4 Å². The Labute approximate surface area is 138 Å². The van der Waals surface area contributed by atoms with Gasteiger partial charge in [-0.1, -0.05) is 6.07 Å². The number of nitrogens with one attached hydrogen (secondary N) is 1. The van der Waals surface area contributed by atoms with E-state index in [0.29, 0.717) is 12.3 Å². The Bertz CT molecular complexity index is 851. The van der Waals surface area contributed by atoms with Gasteiger partial charge in [0.1, 0.15) is 11.8 Å². The highest BCUT2D eigenvalue weighted by atomic mass is 32.1. The van der Waals surface area contributed by atoms with Crippen molar-refractivity contribution in [2.24, 2.45) is 0 Å². The van der Waals surface area contributed by atoms with E-state index in [2.05, 4.69) is 16.8 Å². The number of aromatic nitrogens is 1. The van der Waals surface area contributed by atoms with Gasteiger partial charge in [0, 0.05) is 23.0 Å². The quantitative estimate of drug-likeness (QED) is 0.801. The molecule has 3 aromatic heterocycles. The Morgan fingerprint density at radius 2 is 2.22 bits per heavy atom. The second kappa shape index (κ2) is 5.83. The number of fused-ring (bicyclic) bond motifs is 2. The van der Waals surface area contributed by atoms with Gasteiger partial charge in [0.05, 0.1) is 12.6 Å². The number of thiophene rings is 1. The minimum atomic E-state index is -0.0815. The van der Waals surface area contributed by atoms with E-state index in [-0.39, 0.29) is 18.1 Å². The normalized spacial score (nSPS) is 18.6. The molecule has 0 fully saturated rings. The van der Waals surface area contributed by atoms with Crippen LogP contribution in [-0.4, -0.2) is 23.0 Å². The Hall–Kier alpha value is -2.11. The molecule has 0 bridgehead atoms. The van der Waals surface area contributed by atoms with Crippen molar-refractivity contribution in [2.45, 2.75) is 25.5 Å². The molecule has 0 aliphatic carbocycles. The summed E-state index contributed by atoms with van der Waals surface area (Å²) < 4.78 is 7.82. The molecular weight excluding hydrogens is 308 g/mol. The topological polar surface area (TPSA) is 42.7 Å². The fraction of sp³-hybridized carbons (Fsp3) is 0.278. The standard InChI is InChI=1S/C18H18N2O2S/c1-12(17-14-8-11-23-16(14)7-10-22-17)19-18(21)15-6-2-4-13-5-3-9-20(13)15/h2-6,8-9,11-12,17H,7,10H2,1H3,(H,19,21). The molecule has 0 spiro atoms. The maximum atomic E-state index is 12.7. The van der Waals surface area contributed by atoms with Gasteiger partial charge in [-0.2, -0.15) is 0 Å². The molecule has 4 nitrogen and oxygen atoms in total. The molecular formula is C18H18N2O2S. The highest BCUT2D eigenvalue weighted by Gasteiger charge is 2.28. The summed E-state index contributed by atoms with van der Waals surface area (Å²) in [5, 5.41) is 5.20. The van der Waals surface area contributed by atoms with E-state index in [1.807, 2.05) is 47.9 Å². The molecule has 0 saturated carbocycles. The van der Waals surface area contributed by atoms with Gasteiger partial charge in [0.25, 0.3) is 5.91 Å². The largest absolute Gasteiger partial charge is 0.371 e. The summed E-state index contributed by atoms with van der Waals surface area (Å²) in [5.74, 6) is -0.0785. The molecule has 2 atom stereocenters. The minimum absolute atomic E-state index is 0.0715. The van der Waals surface area contributed by atoms with E-state index in [4.69, 9.17) is 4.74 Å². The third-order valence-electron chi connectivity index (χ3n) is 4.32. The maximum absolute atomic E-state index is 12.7. The number of hydrogen-bond acceptors (Lipinski definition) is 3. The first kappa shape index (κ1) is 14.5. The van der Waals surface area contributed by atoms with Crippen LogP contribution in [0.25, 0.3) is 5.52 Å². The van der Waals surface area contributed by atoms with E-state index >= 15 is 0 Å². The third kappa shape index (κ3) is 2.56. The van der Waals surface area contributed by atoms with Crippen molar-refractivity contribution < 1.29 is 9.53 Å². The summed E-state index contributed by atoms with van der Waals surface area (Å²) >= 11 is 1.77. The second-order valence-corrected chi connectivity index (χ2v) is 6.82. The fourth-order valence-corrected chi connectivity index (χ4v) is 4.10. The van der Waals surface area contributed by atoms with Crippen LogP contribution in [0.4, 0.5) is 0 Å². The van der Waals surface area contributed by atoms with E-state index in [9.17, 15) is 4.79 Å². The van der Waals surface area contributed by atoms with Crippen LogP contribution >= 0.6 is 11.3 Å². The van der Waals surface area contributed by atoms with Crippen LogP contribution in [0, 0.1) is 0 Å². The number of rotatable bonds is 3. The molecule has 4 rings (SSSR count). The summed E-state index contributed by atoms with van der Waals surface area (Å²) in [4.78, 5) is 14.0. The Balaban J connectivity index is 1.57. The zero-order valence-corrected chi connectivity index (χ0v) is 13.7. The number of carbonyl (C=O) groups is 1. The van der Waals surface area contributed by atoms with Crippen molar-refractivity contribution in [1.29, 1.82) is 0 Å². The van der Waals surface area contributed by atoms with Crippen LogP contribution in [0.1, 0.15) is 34.0 Å². The van der Waals surface area contributed by atoms with Crippen LogP contribution in [0.3, 0.4) is 0 Å². The summed E-state index contributed by atoms with van der Waals surface area (Å²) in [6.45, 7) is 2.72. The molecule has 0 radical (unpaired) electrons. The zero-order chi connectivity index (χ0) is 15.8. The predicted molar refractivity (Wildman–Crippen MR) is 91.0 cm³/mol. The van der Waals surface area contributed by atoms with Crippen molar-refractivity contribution in [3.8, 4) is 0 Å². The molecule has 118 valence electrons. The Morgan fingerprint density at radius 1 is 1.35 bits per heavy atom. The molecule has 1 aliphatic heterocycles. The maximum Gasteiger partial charge on any atom is 0.268 e. The van der Waals surface area contributed by atoms with Crippen LogP contribution in [-0.2, 0) is 11.2 Å². The SMILES string of the molecule is CC(NC(=O)c1cccc2cccn12)C1OCCc2sccc21. The van der Waals surface area contributed by atoms with Crippen molar-refractivity contribution in [3.05, 3.63) is 64.1 Å². The smallest absolute Gasteiger partial charge is 0.268 e. The fourth-order valence-electron chi connectivity index (χ4n) is 3.20. The summed E-state index contributed by atoms with van der Waals surface area (Å²) in [7, 11) is 0. The van der Waals surface area contributed by atoms with Gasteiger partial charge in [-0.25, -0.2) is 0 Å². The minimum Gasteiger partial charge on any atom is -0.371 e. The van der Waals surface area contributed by atoms with Crippen LogP contribution in [0.2, 0.25) is 0 Å². The number of hydrogen-bond donors (Lipinski definition) is 1. The number of pyridine rings is 1. The second-order valence-electron chi connectivity index (χ2n) is 5.82. The molecule has 23 heavy (non-hydrogen) atoms. The average molecular weight is 326 g/mol. The van der Waals surface area contributed by atoms with E-state index in [0.717, 1.165) is 11.9 Å². The van der Waals surface area contributed by atoms with Crippen molar-refractivity contribution >= 4 is 22.8 Å². The average Bonchev–Trinajstić information content (AvgIpc) is 3.22. The summed E-state index contributed by atoms with van der Waals surface area (Å²) in [6.07, 6.45) is 2.80. The van der Waals surface area contributed by atoms with Gasteiger partial charge in [-0.05, 0) is 48.2 Å². The van der Waals surface area contributed by atoms with Crippen LogP contribution < -0.4 is 5.32 Å². The third-order valence-corrected chi connectivity index (χ3v) is 5.32. The first-order chi connectivity index (χ1) is 11.2. The lowest BCUT2D eigenvalue weighted by Gasteiger charge is -2.29. The van der Waals surface area contributed by atoms with Gasteiger partial charge >= 0.3 is 0 Å². The number of carbonyl (C=O) groups excluding carboxylic acids is 1. The lowest BCUT2D eigenvalue weighted by Crippen LogP contribution is -2.40. The molecule has 5 heteroatoms. The molecule has 1 N–H and O–H groups in total. The first-order valence-electron chi connectivity index (χ1n) is 7.79. The van der Waals surface area contributed by atoms with Gasteiger partial charge in [-0.15, -0.1) is 11.3 Å². The molecule has 4 heterocycles. The number of nitrogens with zero attached hydrogens (tertiary/aromatic N) is 1. The van der Waals surface area contributed by atoms with E-state index < -0.39 is 0 Å². The predicted octanol–water partition coefficient (Wildman–Crippen LogP) is 3.43. The van der Waals surface area contributed by atoms with Gasteiger partial charge in [0.15, 0.2) is 0 Å². The van der Waals surface area contributed by atoms with Crippen molar-refractivity contribution in [1.82, 2.24) is 9.72 Å². The molecule has 2 unspecified atom stereocenters. The lowest BCUT2D eigenvalue weighted by molar-refractivity contribution is 0.0205. The molecule has 1 amide bonds. The van der Waals surface area contributed by atoms with Crippen LogP contribution in [0.5, 0.6) is 0 Å². The van der Waals surface area contributed by atoms with Gasteiger partial charge < -0.3 is 14.5 Å². The van der Waals surface area contributed by atoms with Gasteiger partial charge in [0.2, 0.25) is 0 Å². The first-order valence-corrected chi connectivity index (χ1v) is 8.67. The highest BCUT2D eigenvalue weighted by Crippen LogP contribution is 2.33. The van der Waals surface area contributed by atoms with Crippen molar-refractivity contribution in [2.75, 3.05) is 6.61 Å². The lowest BCUT2D eigenvalue weighted by atomic mass is 10.0. The number of amides is 1. The van der Waals surface area contributed by atoms with Crippen LogP contribution in [0.15, 0.2) is 48.0 Å². The summed E-state index contributed by atoms with van der Waals surface area (Å²) in [5.41, 5.74) is 2.87. The molecule has 3 aromatic rings. The highest BCUT2D eigenvalue weighted by molar-refractivity contribution is 7.10.